The number of hydrogen-bond acceptors (Lipinski definition) is 4. The summed E-state index contributed by atoms with van der Waals surface area (Å²) in [5.41, 5.74) is 3.76. The first kappa shape index (κ1) is 21.5. The molecule has 2 N–H and O–H groups in total. The Morgan fingerprint density at radius 3 is 2.48 bits per heavy atom. The van der Waals surface area contributed by atoms with Gasteiger partial charge in [-0.2, -0.15) is 0 Å². The molecular weight excluding hydrogens is 366 g/mol. The van der Waals surface area contributed by atoms with Crippen molar-refractivity contribution in [2.75, 3.05) is 33.8 Å². The van der Waals surface area contributed by atoms with E-state index in [-0.39, 0.29) is 36.4 Å². The summed E-state index contributed by atoms with van der Waals surface area (Å²) in [6.07, 6.45) is 6.18. The number of likely N-dealkylation sites (tertiary alicyclic amines) is 1. The van der Waals surface area contributed by atoms with Crippen LogP contribution in [-0.2, 0) is 9.59 Å². The molecule has 6 nitrogen and oxygen atoms in total. The van der Waals surface area contributed by atoms with Gasteiger partial charge in [0.15, 0.2) is 0 Å². The number of allylic oxidation sites excluding steroid dienone is 2. The quantitative estimate of drug-likeness (QED) is 0.701. The SMILES string of the molecule is CCC(=O)N1[C@@H](CO)[C@@H](c2ccc(C3=CCCC3)cc2)[C@@H]1CNC(=O)CN(C)C. The molecule has 3 atom stereocenters. The highest BCUT2D eigenvalue weighted by atomic mass is 16.3. The molecule has 1 saturated heterocycles. The summed E-state index contributed by atoms with van der Waals surface area (Å²) < 4.78 is 0. The van der Waals surface area contributed by atoms with E-state index in [0.29, 0.717) is 19.5 Å². The van der Waals surface area contributed by atoms with Crippen LogP contribution >= 0.6 is 0 Å². The maximum atomic E-state index is 12.5. The molecule has 0 spiro atoms. The predicted molar refractivity (Wildman–Crippen MR) is 114 cm³/mol. The van der Waals surface area contributed by atoms with Crippen LogP contribution in [0.1, 0.15) is 49.7 Å². The molecule has 0 unspecified atom stereocenters. The lowest BCUT2D eigenvalue weighted by Gasteiger charge is -2.55. The van der Waals surface area contributed by atoms with Gasteiger partial charge in [-0.05, 0) is 50.1 Å². The Labute approximate surface area is 173 Å². The molecule has 6 heteroatoms. The zero-order valence-electron chi connectivity index (χ0n) is 17.7. The van der Waals surface area contributed by atoms with Crippen LogP contribution in [0.4, 0.5) is 0 Å². The summed E-state index contributed by atoms with van der Waals surface area (Å²) in [4.78, 5) is 28.2. The maximum Gasteiger partial charge on any atom is 0.234 e. The summed E-state index contributed by atoms with van der Waals surface area (Å²) in [6.45, 7) is 2.46. The van der Waals surface area contributed by atoms with Crippen LogP contribution in [0.25, 0.3) is 5.57 Å². The van der Waals surface area contributed by atoms with Gasteiger partial charge in [0, 0.05) is 18.9 Å². The highest BCUT2D eigenvalue weighted by molar-refractivity contribution is 5.80. The fraction of sp³-hybridized carbons (Fsp3) is 0.565. The minimum Gasteiger partial charge on any atom is -0.394 e. The number of rotatable bonds is 8. The van der Waals surface area contributed by atoms with E-state index in [2.05, 4.69) is 35.7 Å². The third-order valence-corrected chi connectivity index (χ3v) is 6.00. The summed E-state index contributed by atoms with van der Waals surface area (Å²) >= 11 is 0. The highest BCUT2D eigenvalue weighted by Crippen LogP contribution is 2.41. The van der Waals surface area contributed by atoms with Crippen LogP contribution in [0.15, 0.2) is 30.3 Å². The number of hydrogen-bond donors (Lipinski definition) is 2. The van der Waals surface area contributed by atoms with Crippen molar-refractivity contribution in [3.63, 3.8) is 0 Å². The van der Waals surface area contributed by atoms with Gasteiger partial charge in [0.1, 0.15) is 0 Å². The number of benzene rings is 1. The number of carbonyl (C=O) groups excluding carboxylic acids is 2. The summed E-state index contributed by atoms with van der Waals surface area (Å²) in [7, 11) is 3.70. The Morgan fingerprint density at radius 2 is 1.93 bits per heavy atom. The van der Waals surface area contributed by atoms with Crippen molar-refractivity contribution in [1.82, 2.24) is 15.1 Å². The van der Waals surface area contributed by atoms with E-state index in [1.54, 1.807) is 4.90 Å². The van der Waals surface area contributed by atoms with Gasteiger partial charge < -0.3 is 20.2 Å². The molecule has 0 bridgehead atoms. The van der Waals surface area contributed by atoms with Gasteiger partial charge in [-0.25, -0.2) is 0 Å². The van der Waals surface area contributed by atoms with E-state index < -0.39 is 0 Å². The van der Waals surface area contributed by atoms with Crippen molar-refractivity contribution in [3.8, 4) is 0 Å². The van der Waals surface area contributed by atoms with E-state index in [0.717, 1.165) is 18.4 Å². The monoisotopic (exact) mass is 399 g/mol. The van der Waals surface area contributed by atoms with Crippen LogP contribution in [0.3, 0.4) is 0 Å². The minimum absolute atomic E-state index is 0.0138. The van der Waals surface area contributed by atoms with E-state index in [1.807, 2.05) is 25.9 Å². The second-order valence-electron chi connectivity index (χ2n) is 8.28. The first-order valence-electron chi connectivity index (χ1n) is 10.6. The predicted octanol–water partition coefficient (Wildman–Crippen LogP) is 2.00. The van der Waals surface area contributed by atoms with Crippen molar-refractivity contribution < 1.29 is 14.7 Å². The maximum absolute atomic E-state index is 12.5. The Kier molecular flexibility index (Phi) is 7.09. The van der Waals surface area contributed by atoms with Gasteiger partial charge in [-0.1, -0.05) is 37.3 Å². The average Bonchev–Trinajstić information content (AvgIpc) is 3.22. The normalized spacial score (nSPS) is 23.7. The van der Waals surface area contributed by atoms with Crippen LogP contribution in [0.5, 0.6) is 0 Å². The number of likely N-dealkylation sites (N-methyl/N-ethyl adjacent to an activating group) is 1. The Balaban J connectivity index is 1.77. The number of carbonyl (C=O) groups is 2. The molecule has 1 aliphatic carbocycles. The molecule has 2 aliphatic rings. The molecular formula is C23H33N3O3. The first-order chi connectivity index (χ1) is 14.0. The molecule has 2 amide bonds. The lowest BCUT2D eigenvalue weighted by atomic mass is 9.74. The van der Waals surface area contributed by atoms with E-state index >= 15 is 0 Å². The third-order valence-electron chi connectivity index (χ3n) is 6.00. The summed E-state index contributed by atoms with van der Waals surface area (Å²) in [5, 5.41) is 12.9. The Morgan fingerprint density at radius 1 is 1.21 bits per heavy atom. The Bertz CT molecular complexity index is 757. The van der Waals surface area contributed by atoms with E-state index in [9.17, 15) is 14.7 Å². The van der Waals surface area contributed by atoms with Crippen LogP contribution in [0.2, 0.25) is 0 Å². The average molecular weight is 400 g/mol. The van der Waals surface area contributed by atoms with Crippen molar-refractivity contribution in [2.24, 2.45) is 0 Å². The number of aliphatic hydroxyl groups is 1. The fourth-order valence-corrected chi connectivity index (χ4v) is 4.58. The zero-order chi connectivity index (χ0) is 21.0. The molecule has 0 aromatic heterocycles. The van der Waals surface area contributed by atoms with E-state index in [4.69, 9.17) is 0 Å². The number of aliphatic hydroxyl groups excluding tert-OH is 1. The minimum atomic E-state index is -0.241. The number of nitrogens with zero attached hydrogens (tertiary/aromatic N) is 2. The molecule has 0 radical (unpaired) electrons. The molecule has 1 heterocycles. The standard InChI is InChI=1S/C23H33N3O3/c1-4-22(29)26-19(13-24-21(28)14-25(2)3)23(20(26)15-27)18-11-9-17(10-12-18)16-7-5-6-8-16/h7,9-12,19-20,23,27H,4-6,8,13-15H2,1-3H3,(H,24,28)/t19-,20-,23-/m0/s1. The van der Waals surface area contributed by atoms with Crippen molar-refractivity contribution in [3.05, 3.63) is 41.5 Å². The largest absolute Gasteiger partial charge is 0.394 e. The highest BCUT2D eigenvalue weighted by Gasteiger charge is 2.50. The van der Waals surface area contributed by atoms with Crippen LogP contribution < -0.4 is 5.32 Å². The number of nitrogens with one attached hydrogen (secondary N) is 1. The van der Waals surface area contributed by atoms with Gasteiger partial charge in [0.25, 0.3) is 0 Å². The van der Waals surface area contributed by atoms with Crippen LogP contribution in [0, 0.1) is 0 Å². The molecule has 1 aliphatic heterocycles. The van der Waals surface area contributed by atoms with Gasteiger partial charge in [-0.3, -0.25) is 9.59 Å². The van der Waals surface area contributed by atoms with Crippen molar-refractivity contribution >= 4 is 17.4 Å². The molecule has 1 aromatic carbocycles. The lowest BCUT2D eigenvalue weighted by molar-refractivity contribution is -0.150. The van der Waals surface area contributed by atoms with Gasteiger partial charge in [-0.15, -0.1) is 0 Å². The second-order valence-corrected chi connectivity index (χ2v) is 8.28. The topological polar surface area (TPSA) is 72.9 Å². The first-order valence-corrected chi connectivity index (χ1v) is 10.6. The smallest absolute Gasteiger partial charge is 0.234 e. The van der Waals surface area contributed by atoms with Gasteiger partial charge >= 0.3 is 0 Å². The zero-order valence-corrected chi connectivity index (χ0v) is 17.7. The molecule has 0 saturated carbocycles. The van der Waals surface area contributed by atoms with E-state index in [1.165, 1.54) is 17.6 Å². The van der Waals surface area contributed by atoms with Gasteiger partial charge in [0.05, 0.1) is 25.2 Å². The molecule has 3 rings (SSSR count). The lowest BCUT2D eigenvalue weighted by Crippen LogP contribution is -2.68. The summed E-state index contributed by atoms with van der Waals surface area (Å²) in [5.74, 6) is -0.0322. The van der Waals surface area contributed by atoms with Gasteiger partial charge in [0.2, 0.25) is 11.8 Å². The summed E-state index contributed by atoms with van der Waals surface area (Å²) in [6, 6.07) is 8.14. The van der Waals surface area contributed by atoms with Crippen molar-refractivity contribution in [2.45, 2.75) is 50.6 Å². The molecule has 158 valence electrons. The third kappa shape index (κ3) is 4.70. The molecule has 1 aromatic rings. The number of amides is 2. The second kappa shape index (κ2) is 9.55. The fourth-order valence-electron chi connectivity index (χ4n) is 4.58. The van der Waals surface area contributed by atoms with Crippen molar-refractivity contribution in [1.29, 1.82) is 0 Å². The molecule has 29 heavy (non-hydrogen) atoms. The molecule has 1 fully saturated rings. The Hall–Kier alpha value is -2.18. The van der Waals surface area contributed by atoms with Crippen LogP contribution in [-0.4, -0.2) is 72.6 Å².